The first-order valence-corrected chi connectivity index (χ1v) is 10.8. The number of carbonyl (C=O) groups is 2. The minimum atomic E-state index is -3.67. The summed E-state index contributed by atoms with van der Waals surface area (Å²) in [5.74, 6) is -0.687. The summed E-state index contributed by atoms with van der Waals surface area (Å²) in [6.07, 6.45) is 0. The van der Waals surface area contributed by atoms with Crippen LogP contribution in [0.15, 0.2) is 70.3 Å². The molecule has 0 spiro atoms. The van der Waals surface area contributed by atoms with Gasteiger partial charge in [-0.15, -0.1) is 11.3 Å². The van der Waals surface area contributed by atoms with E-state index in [1.54, 1.807) is 35.7 Å². The van der Waals surface area contributed by atoms with E-state index >= 15 is 0 Å². The van der Waals surface area contributed by atoms with E-state index in [4.69, 9.17) is 9.47 Å². The van der Waals surface area contributed by atoms with E-state index in [9.17, 15) is 18.0 Å². The second kappa shape index (κ2) is 8.89. The van der Waals surface area contributed by atoms with Crippen molar-refractivity contribution in [3.63, 3.8) is 0 Å². The summed E-state index contributed by atoms with van der Waals surface area (Å²) in [7, 11) is -2.22. The number of rotatable bonds is 8. The van der Waals surface area contributed by atoms with Gasteiger partial charge in [-0.25, -0.2) is 13.2 Å². The summed E-state index contributed by atoms with van der Waals surface area (Å²) in [5.41, 5.74) is 0.818. The van der Waals surface area contributed by atoms with Crippen molar-refractivity contribution in [2.24, 2.45) is 0 Å². The third-order valence-electron chi connectivity index (χ3n) is 3.87. The van der Waals surface area contributed by atoms with Crippen LogP contribution < -0.4 is 9.46 Å². The Labute approximate surface area is 172 Å². The monoisotopic (exact) mass is 431 g/mol. The van der Waals surface area contributed by atoms with Gasteiger partial charge in [-0.1, -0.05) is 18.2 Å². The van der Waals surface area contributed by atoms with Gasteiger partial charge in [0.1, 0.15) is 9.96 Å². The van der Waals surface area contributed by atoms with Gasteiger partial charge in [0.15, 0.2) is 6.61 Å². The molecular formula is C20H17NO6S2. The molecule has 0 aliphatic heterocycles. The zero-order chi connectivity index (χ0) is 20.9. The van der Waals surface area contributed by atoms with Gasteiger partial charge < -0.3 is 9.47 Å². The van der Waals surface area contributed by atoms with Crippen LogP contribution in [0.25, 0.3) is 0 Å². The van der Waals surface area contributed by atoms with Crippen LogP contribution in [0.1, 0.15) is 20.7 Å². The molecule has 29 heavy (non-hydrogen) atoms. The molecule has 1 N–H and O–H groups in total. The van der Waals surface area contributed by atoms with Gasteiger partial charge in [-0.05, 0) is 47.8 Å². The summed E-state index contributed by atoms with van der Waals surface area (Å²) >= 11 is 1.10. The van der Waals surface area contributed by atoms with Crippen molar-refractivity contribution in [2.75, 3.05) is 18.4 Å². The highest BCUT2D eigenvalue weighted by Crippen LogP contribution is 2.21. The van der Waals surface area contributed by atoms with Gasteiger partial charge in [0.2, 0.25) is 5.78 Å². The number of Topliss-reactive ketones (excluding diaryl/α,β-unsaturated/α-hetero) is 1. The zero-order valence-electron chi connectivity index (χ0n) is 15.3. The van der Waals surface area contributed by atoms with E-state index in [1.807, 2.05) is 0 Å². The number of hydrogen-bond acceptors (Lipinski definition) is 7. The highest BCUT2D eigenvalue weighted by atomic mass is 32.2. The predicted molar refractivity (Wildman–Crippen MR) is 109 cm³/mol. The topological polar surface area (TPSA) is 98.8 Å². The maximum Gasteiger partial charge on any atom is 0.338 e. The molecule has 9 heteroatoms. The van der Waals surface area contributed by atoms with Gasteiger partial charge in [-0.2, -0.15) is 0 Å². The van der Waals surface area contributed by atoms with E-state index in [0.717, 1.165) is 11.3 Å². The molecule has 1 aromatic heterocycles. The maximum atomic E-state index is 12.3. The van der Waals surface area contributed by atoms with E-state index in [1.165, 1.54) is 37.4 Å². The molecule has 0 aliphatic rings. The van der Waals surface area contributed by atoms with Crippen LogP contribution in [0, 0.1) is 0 Å². The smallest absolute Gasteiger partial charge is 0.338 e. The Bertz CT molecular complexity index is 1110. The molecule has 0 aliphatic carbocycles. The number of anilines is 1. The van der Waals surface area contributed by atoms with Crippen molar-refractivity contribution in [3.05, 3.63) is 77.2 Å². The fourth-order valence-electron chi connectivity index (χ4n) is 2.46. The first kappa shape index (κ1) is 20.6. The van der Waals surface area contributed by atoms with Crippen molar-refractivity contribution in [2.45, 2.75) is 4.21 Å². The molecule has 0 amide bonds. The van der Waals surface area contributed by atoms with Gasteiger partial charge in [0, 0.05) is 5.69 Å². The lowest BCUT2D eigenvalue weighted by molar-refractivity contribution is 0.0474. The zero-order valence-corrected chi connectivity index (χ0v) is 17.0. The molecule has 1 heterocycles. The van der Waals surface area contributed by atoms with Crippen molar-refractivity contribution in [1.29, 1.82) is 0 Å². The standard InChI is InChI=1S/C20H17NO6S2/c1-26-18-6-3-2-5-16(18)17(22)13-27-20(23)14-8-10-15(11-9-14)21-29(24,25)19-7-4-12-28-19/h2-12,21H,13H2,1H3. The Hall–Kier alpha value is -3.17. The van der Waals surface area contributed by atoms with Crippen LogP contribution in [-0.2, 0) is 14.8 Å². The Balaban J connectivity index is 1.61. The lowest BCUT2D eigenvalue weighted by atomic mass is 10.1. The molecule has 0 radical (unpaired) electrons. The quantitative estimate of drug-likeness (QED) is 0.432. The molecule has 3 aromatic rings. The third kappa shape index (κ3) is 5.01. The first-order chi connectivity index (χ1) is 13.9. The summed E-state index contributed by atoms with van der Waals surface area (Å²) < 4.78 is 37.2. The van der Waals surface area contributed by atoms with Crippen LogP contribution in [0.2, 0.25) is 0 Å². The number of hydrogen-bond donors (Lipinski definition) is 1. The molecule has 7 nitrogen and oxygen atoms in total. The minimum Gasteiger partial charge on any atom is -0.496 e. The summed E-state index contributed by atoms with van der Waals surface area (Å²) in [6.45, 7) is -0.439. The average Bonchev–Trinajstić information content (AvgIpc) is 3.28. The van der Waals surface area contributed by atoms with Crippen molar-refractivity contribution in [1.82, 2.24) is 0 Å². The number of thiophene rings is 1. The van der Waals surface area contributed by atoms with Gasteiger partial charge in [-0.3, -0.25) is 9.52 Å². The Morgan fingerprint density at radius 3 is 2.38 bits per heavy atom. The van der Waals surface area contributed by atoms with E-state index in [2.05, 4.69) is 4.72 Å². The molecule has 150 valence electrons. The minimum absolute atomic E-state index is 0.191. The van der Waals surface area contributed by atoms with Crippen molar-refractivity contribution >= 4 is 38.8 Å². The molecule has 0 saturated heterocycles. The number of carbonyl (C=O) groups excluding carboxylic acids is 2. The number of ether oxygens (including phenoxy) is 2. The van der Waals surface area contributed by atoms with Gasteiger partial charge >= 0.3 is 5.97 Å². The Morgan fingerprint density at radius 2 is 1.72 bits per heavy atom. The van der Waals surface area contributed by atoms with Crippen LogP contribution in [0.4, 0.5) is 5.69 Å². The Morgan fingerprint density at radius 1 is 1.00 bits per heavy atom. The number of methoxy groups -OCH3 is 1. The number of nitrogens with one attached hydrogen (secondary N) is 1. The fraction of sp³-hybridized carbons (Fsp3) is 0.100. The molecule has 0 saturated carbocycles. The molecule has 0 fully saturated rings. The van der Waals surface area contributed by atoms with Gasteiger partial charge in [0.25, 0.3) is 10.0 Å². The van der Waals surface area contributed by atoms with Crippen LogP contribution in [-0.4, -0.2) is 33.9 Å². The van der Waals surface area contributed by atoms with Crippen LogP contribution >= 0.6 is 11.3 Å². The lowest BCUT2D eigenvalue weighted by Gasteiger charge is -2.09. The highest BCUT2D eigenvalue weighted by molar-refractivity contribution is 7.94. The van der Waals surface area contributed by atoms with Crippen molar-refractivity contribution < 1.29 is 27.5 Å². The molecular weight excluding hydrogens is 414 g/mol. The summed E-state index contributed by atoms with van der Waals surface area (Å²) in [4.78, 5) is 24.4. The third-order valence-corrected chi connectivity index (χ3v) is 6.65. The maximum absolute atomic E-state index is 12.3. The number of para-hydroxylation sites is 1. The van der Waals surface area contributed by atoms with E-state index in [0.29, 0.717) is 17.0 Å². The molecule has 0 atom stereocenters. The highest BCUT2D eigenvalue weighted by Gasteiger charge is 2.17. The predicted octanol–water partition coefficient (Wildman–Crippen LogP) is 3.60. The number of benzene rings is 2. The first-order valence-electron chi connectivity index (χ1n) is 8.40. The largest absolute Gasteiger partial charge is 0.496 e. The van der Waals surface area contributed by atoms with Gasteiger partial charge in [0.05, 0.1) is 18.2 Å². The van der Waals surface area contributed by atoms with E-state index in [-0.39, 0.29) is 9.77 Å². The second-order valence-corrected chi connectivity index (χ2v) is 8.67. The van der Waals surface area contributed by atoms with E-state index < -0.39 is 28.4 Å². The van der Waals surface area contributed by atoms with Crippen LogP contribution in [0.3, 0.4) is 0 Å². The lowest BCUT2D eigenvalue weighted by Crippen LogP contribution is -2.15. The fourth-order valence-corrected chi connectivity index (χ4v) is 4.51. The SMILES string of the molecule is COc1ccccc1C(=O)COC(=O)c1ccc(NS(=O)(=O)c2cccs2)cc1. The number of esters is 1. The number of ketones is 1. The summed E-state index contributed by atoms with van der Waals surface area (Å²) in [6, 6.07) is 15.5. The molecule has 3 rings (SSSR count). The van der Waals surface area contributed by atoms with Crippen LogP contribution in [0.5, 0.6) is 5.75 Å². The summed E-state index contributed by atoms with van der Waals surface area (Å²) in [5, 5.41) is 1.67. The number of sulfonamides is 1. The Kier molecular flexibility index (Phi) is 6.30. The van der Waals surface area contributed by atoms with Crippen molar-refractivity contribution in [3.8, 4) is 5.75 Å². The molecule has 0 unspecified atom stereocenters. The normalized spacial score (nSPS) is 10.9. The molecule has 0 bridgehead atoms. The average molecular weight is 431 g/mol. The second-order valence-electron chi connectivity index (χ2n) is 5.81. The molecule has 2 aromatic carbocycles.